The molecule has 0 fully saturated rings. The summed E-state index contributed by atoms with van der Waals surface area (Å²) in [5.41, 5.74) is 1.69. The molecule has 2 N–H and O–H groups in total. The smallest absolute Gasteiger partial charge is 0.247 e. The molecule has 11 heteroatoms. The van der Waals surface area contributed by atoms with Crippen LogP contribution in [0.25, 0.3) is 16.3 Å². The molecule has 3 aromatic heterocycles. The SMILES string of the molecule is O=C(CSCc1cc(-c2cccs2)on1)NCCNc1nnnn1-c1ccccc1. The molecular formula is C19H19N7O2S2. The van der Waals surface area contributed by atoms with Crippen molar-refractivity contribution in [3.05, 3.63) is 59.6 Å². The van der Waals surface area contributed by atoms with Gasteiger partial charge in [-0.25, -0.2) is 0 Å². The fourth-order valence-corrected chi connectivity index (χ4v) is 4.04. The Hall–Kier alpha value is -3.18. The standard InChI is InChI=1S/C19H19N7O2S2/c27-18(13-29-12-14-11-16(28-23-14)17-7-4-10-30-17)20-8-9-21-19-22-24-25-26(19)15-5-2-1-3-6-15/h1-7,10-11H,8-9,12-13H2,(H,20,27)(H,21,22,25). The number of thiophene rings is 1. The quantitative estimate of drug-likeness (QED) is 0.362. The maximum Gasteiger partial charge on any atom is 0.247 e. The summed E-state index contributed by atoms with van der Waals surface area (Å²) in [7, 11) is 0. The minimum absolute atomic E-state index is 0.0357. The van der Waals surface area contributed by atoms with Crippen LogP contribution in [-0.2, 0) is 10.5 Å². The Labute approximate surface area is 180 Å². The van der Waals surface area contributed by atoms with E-state index in [0.29, 0.717) is 30.5 Å². The van der Waals surface area contributed by atoms with Crippen LogP contribution in [0.5, 0.6) is 0 Å². The lowest BCUT2D eigenvalue weighted by Crippen LogP contribution is -2.30. The lowest BCUT2D eigenvalue weighted by Gasteiger charge is -2.08. The molecule has 0 saturated carbocycles. The molecule has 4 rings (SSSR count). The summed E-state index contributed by atoms with van der Waals surface area (Å²) >= 11 is 3.10. The van der Waals surface area contributed by atoms with Gasteiger partial charge in [-0.1, -0.05) is 34.5 Å². The van der Waals surface area contributed by atoms with Crippen LogP contribution in [0.4, 0.5) is 5.95 Å². The van der Waals surface area contributed by atoms with Gasteiger partial charge in [0.15, 0.2) is 5.76 Å². The molecule has 4 aromatic rings. The summed E-state index contributed by atoms with van der Waals surface area (Å²) in [6.07, 6.45) is 0. The number of rotatable bonds is 10. The molecule has 0 aliphatic heterocycles. The fourth-order valence-electron chi connectivity index (χ4n) is 2.63. The predicted octanol–water partition coefficient (Wildman–Crippen LogP) is 2.84. The fraction of sp³-hybridized carbons (Fsp3) is 0.211. The number of para-hydroxylation sites is 1. The number of thioether (sulfide) groups is 1. The van der Waals surface area contributed by atoms with Gasteiger partial charge < -0.3 is 15.2 Å². The van der Waals surface area contributed by atoms with Gasteiger partial charge in [-0.3, -0.25) is 4.79 Å². The first-order chi connectivity index (χ1) is 14.8. The third-order valence-corrected chi connectivity index (χ3v) is 5.86. The average molecular weight is 442 g/mol. The monoisotopic (exact) mass is 441 g/mol. The van der Waals surface area contributed by atoms with Crippen LogP contribution in [0, 0.1) is 0 Å². The van der Waals surface area contributed by atoms with Crippen molar-refractivity contribution in [2.75, 3.05) is 24.2 Å². The maximum atomic E-state index is 12.0. The molecule has 0 bridgehead atoms. The molecule has 1 amide bonds. The van der Waals surface area contributed by atoms with E-state index >= 15 is 0 Å². The highest BCUT2D eigenvalue weighted by molar-refractivity contribution is 7.99. The number of aromatic nitrogens is 5. The van der Waals surface area contributed by atoms with Crippen LogP contribution >= 0.6 is 23.1 Å². The number of carbonyl (C=O) groups is 1. The molecule has 30 heavy (non-hydrogen) atoms. The van der Waals surface area contributed by atoms with Crippen LogP contribution in [-0.4, -0.2) is 50.1 Å². The lowest BCUT2D eigenvalue weighted by molar-refractivity contribution is -0.118. The molecule has 0 radical (unpaired) electrons. The molecular weight excluding hydrogens is 422 g/mol. The zero-order chi connectivity index (χ0) is 20.6. The van der Waals surface area contributed by atoms with Gasteiger partial charge in [0.2, 0.25) is 11.9 Å². The molecule has 154 valence electrons. The van der Waals surface area contributed by atoms with Crippen LogP contribution < -0.4 is 10.6 Å². The maximum absolute atomic E-state index is 12.0. The first kappa shape index (κ1) is 20.1. The summed E-state index contributed by atoms with van der Waals surface area (Å²) < 4.78 is 6.95. The minimum Gasteiger partial charge on any atom is -0.355 e. The van der Waals surface area contributed by atoms with E-state index in [9.17, 15) is 4.79 Å². The van der Waals surface area contributed by atoms with E-state index in [2.05, 4.69) is 31.3 Å². The zero-order valence-corrected chi connectivity index (χ0v) is 17.5. The Morgan fingerprint density at radius 1 is 1.17 bits per heavy atom. The molecule has 0 unspecified atom stereocenters. The number of hydrogen-bond acceptors (Lipinski definition) is 9. The predicted molar refractivity (Wildman–Crippen MR) is 117 cm³/mol. The molecule has 0 saturated heterocycles. The second kappa shape index (κ2) is 10.0. The van der Waals surface area contributed by atoms with Crippen LogP contribution in [0.15, 0.2) is 58.4 Å². The Bertz CT molecular complexity index is 1060. The third kappa shape index (κ3) is 5.24. The largest absolute Gasteiger partial charge is 0.355 e. The van der Waals surface area contributed by atoms with Gasteiger partial charge in [0.25, 0.3) is 0 Å². The van der Waals surface area contributed by atoms with E-state index < -0.39 is 0 Å². The number of carbonyl (C=O) groups excluding carboxylic acids is 1. The number of amides is 1. The van der Waals surface area contributed by atoms with Crippen molar-refractivity contribution in [1.29, 1.82) is 0 Å². The highest BCUT2D eigenvalue weighted by Crippen LogP contribution is 2.26. The van der Waals surface area contributed by atoms with Crippen molar-refractivity contribution in [3.8, 4) is 16.3 Å². The summed E-state index contributed by atoms with van der Waals surface area (Å²) in [5, 5.41) is 23.7. The number of nitrogens with one attached hydrogen (secondary N) is 2. The van der Waals surface area contributed by atoms with Gasteiger partial charge in [-0.05, 0) is 34.0 Å². The first-order valence-electron chi connectivity index (χ1n) is 9.21. The second-order valence-corrected chi connectivity index (χ2v) is 8.11. The molecule has 0 atom stereocenters. The van der Waals surface area contributed by atoms with Crippen molar-refractivity contribution < 1.29 is 9.32 Å². The summed E-state index contributed by atoms with van der Waals surface area (Å²) in [6.45, 7) is 0.977. The third-order valence-electron chi connectivity index (χ3n) is 4.01. The summed E-state index contributed by atoms with van der Waals surface area (Å²) in [4.78, 5) is 13.1. The van der Waals surface area contributed by atoms with E-state index in [1.165, 1.54) is 11.8 Å². The van der Waals surface area contributed by atoms with Crippen molar-refractivity contribution in [1.82, 2.24) is 30.7 Å². The van der Waals surface area contributed by atoms with Gasteiger partial charge >= 0.3 is 0 Å². The highest BCUT2D eigenvalue weighted by Gasteiger charge is 2.10. The van der Waals surface area contributed by atoms with Gasteiger partial charge in [0.1, 0.15) is 0 Å². The van der Waals surface area contributed by atoms with Crippen LogP contribution in [0.2, 0.25) is 0 Å². The van der Waals surface area contributed by atoms with Crippen LogP contribution in [0.3, 0.4) is 0 Å². The minimum atomic E-state index is -0.0357. The normalized spacial score (nSPS) is 10.8. The first-order valence-corrected chi connectivity index (χ1v) is 11.2. The van der Waals surface area contributed by atoms with E-state index in [4.69, 9.17) is 4.52 Å². The topological polar surface area (TPSA) is 111 Å². The highest BCUT2D eigenvalue weighted by atomic mass is 32.2. The lowest BCUT2D eigenvalue weighted by atomic mass is 10.3. The van der Waals surface area contributed by atoms with Gasteiger partial charge in [0, 0.05) is 24.9 Å². The number of anilines is 1. The van der Waals surface area contributed by atoms with E-state index in [1.807, 2.05) is 53.9 Å². The Kier molecular flexibility index (Phi) is 6.72. The molecule has 0 aliphatic carbocycles. The molecule has 0 spiro atoms. The van der Waals surface area contributed by atoms with Gasteiger partial charge in [0.05, 0.1) is 22.0 Å². The average Bonchev–Trinajstić information content (AvgIpc) is 3.53. The molecule has 3 heterocycles. The van der Waals surface area contributed by atoms with Crippen molar-refractivity contribution in [2.45, 2.75) is 5.75 Å². The number of benzene rings is 1. The molecule has 9 nitrogen and oxygen atoms in total. The Morgan fingerprint density at radius 2 is 2.07 bits per heavy atom. The Morgan fingerprint density at radius 3 is 2.90 bits per heavy atom. The zero-order valence-electron chi connectivity index (χ0n) is 15.9. The molecule has 1 aromatic carbocycles. The van der Waals surface area contributed by atoms with Crippen LogP contribution in [0.1, 0.15) is 5.69 Å². The molecule has 0 aliphatic rings. The van der Waals surface area contributed by atoms with Crippen molar-refractivity contribution >= 4 is 35.0 Å². The van der Waals surface area contributed by atoms with E-state index in [1.54, 1.807) is 16.0 Å². The second-order valence-electron chi connectivity index (χ2n) is 6.18. The summed E-state index contributed by atoms with van der Waals surface area (Å²) in [6, 6.07) is 15.5. The van der Waals surface area contributed by atoms with Gasteiger partial charge in [-0.2, -0.15) is 4.68 Å². The number of tetrazole rings is 1. The summed E-state index contributed by atoms with van der Waals surface area (Å²) in [5.74, 6) is 2.22. The van der Waals surface area contributed by atoms with Crippen molar-refractivity contribution in [2.24, 2.45) is 0 Å². The van der Waals surface area contributed by atoms with Gasteiger partial charge in [-0.15, -0.1) is 23.1 Å². The van der Waals surface area contributed by atoms with Crippen molar-refractivity contribution in [3.63, 3.8) is 0 Å². The number of hydrogen-bond donors (Lipinski definition) is 2. The number of nitrogens with zero attached hydrogens (tertiary/aromatic N) is 5. The Balaban J connectivity index is 1.15. The van der Waals surface area contributed by atoms with E-state index in [-0.39, 0.29) is 5.91 Å². The van der Waals surface area contributed by atoms with E-state index in [0.717, 1.165) is 22.0 Å².